The number of nitro groups is 1. The van der Waals surface area contributed by atoms with E-state index in [-0.39, 0.29) is 41.4 Å². The zero-order chi connectivity index (χ0) is 44.2. The monoisotopic (exact) mass is 888 g/mol. The quantitative estimate of drug-likeness (QED) is 0.0845. The maximum atomic E-state index is 14.1. The third-order valence-electron chi connectivity index (χ3n) is 14.7. The summed E-state index contributed by atoms with van der Waals surface area (Å²) < 4.78 is 42.1. The Hall–Kier alpha value is -5.74. The molecule has 10 rings (SSSR count). The van der Waals surface area contributed by atoms with E-state index in [1.807, 2.05) is 12.1 Å². The largest absolute Gasteiger partial charge is 0.474 e. The van der Waals surface area contributed by atoms with E-state index in [0.717, 1.165) is 81.7 Å². The van der Waals surface area contributed by atoms with E-state index < -0.39 is 31.6 Å². The molecular formula is C48H56N8O7S. The Labute approximate surface area is 373 Å². The van der Waals surface area contributed by atoms with Gasteiger partial charge in [0.25, 0.3) is 15.9 Å². The topological polar surface area (TPSA) is 185 Å². The minimum atomic E-state index is -4.73. The van der Waals surface area contributed by atoms with Gasteiger partial charge >= 0.3 is 5.69 Å². The number of ether oxygens (including phenoxy) is 2. The normalized spacial score (nSPS) is 21.6. The summed E-state index contributed by atoms with van der Waals surface area (Å²) in [4.78, 5) is 42.5. The Balaban J connectivity index is 0.861. The number of carbonyl (C=O) groups excluding carboxylic acids is 1. The predicted molar refractivity (Wildman–Crippen MR) is 244 cm³/mol. The fourth-order valence-corrected chi connectivity index (χ4v) is 12.2. The van der Waals surface area contributed by atoms with Crippen molar-refractivity contribution in [2.24, 2.45) is 11.3 Å². The standard InChI is InChI=1S/C48H56N8O7S/c1-30(2)36-11-6-7-12-37(36)40-13-8-20-55(40)34-26-48(27-34)17-21-54(22-18-48)33-14-15-38(42(24-33)63-35-23-32-16-19-49-45(32)50-28-35)46(57)53-64(60,61)43-25-41(56(58)59)44-47(52-43)62-29-39(51-44)31-9-4-3-5-10-31/h6-7,11-12,14-16,19,23-25,28,30-31,34,39-40,51H,3-5,8-10,13,17-18,20-22,26-27,29H2,1-2H3,(H,49,50)(H,53,57)/t39-,40+/m1/s1. The van der Waals surface area contributed by atoms with E-state index in [2.05, 4.69) is 72.9 Å². The van der Waals surface area contributed by atoms with Crippen molar-refractivity contribution in [3.63, 3.8) is 0 Å². The molecule has 2 aromatic carbocycles. The van der Waals surface area contributed by atoms with Crippen molar-refractivity contribution in [2.45, 2.75) is 114 Å². The van der Waals surface area contributed by atoms with E-state index in [1.165, 1.54) is 43.0 Å². The van der Waals surface area contributed by atoms with Crippen molar-refractivity contribution in [1.82, 2.24) is 24.6 Å². The lowest BCUT2D eigenvalue weighted by atomic mass is 9.59. The number of amides is 1. The van der Waals surface area contributed by atoms with Gasteiger partial charge in [0.05, 0.1) is 28.8 Å². The van der Waals surface area contributed by atoms with Crippen molar-refractivity contribution < 1.29 is 27.6 Å². The number of rotatable bonds is 11. The van der Waals surface area contributed by atoms with Crippen LogP contribution < -0.4 is 24.4 Å². The smallest absolute Gasteiger partial charge is 0.300 e. The minimum absolute atomic E-state index is 0.0422. The molecule has 1 amide bonds. The van der Waals surface area contributed by atoms with Crippen molar-refractivity contribution in [2.75, 3.05) is 36.5 Å². The van der Waals surface area contributed by atoms with Gasteiger partial charge in [0.15, 0.2) is 10.7 Å². The van der Waals surface area contributed by atoms with Crippen LogP contribution in [0.2, 0.25) is 0 Å². The number of sulfonamides is 1. The van der Waals surface area contributed by atoms with E-state index in [9.17, 15) is 23.3 Å². The van der Waals surface area contributed by atoms with Crippen molar-refractivity contribution >= 4 is 44.0 Å². The number of fused-ring (bicyclic) bond motifs is 2. The van der Waals surface area contributed by atoms with Gasteiger partial charge in [-0.1, -0.05) is 57.4 Å². The molecule has 1 spiro atoms. The highest BCUT2D eigenvalue weighted by Crippen LogP contribution is 2.54. The highest BCUT2D eigenvalue weighted by molar-refractivity contribution is 7.90. The number of anilines is 2. The summed E-state index contributed by atoms with van der Waals surface area (Å²) >= 11 is 0. The van der Waals surface area contributed by atoms with Gasteiger partial charge in [0.2, 0.25) is 5.88 Å². The Morgan fingerprint density at radius 1 is 1.00 bits per heavy atom. The number of hydrogen-bond donors (Lipinski definition) is 3. The first-order valence-corrected chi connectivity index (χ1v) is 24.4. The number of hydrogen-bond acceptors (Lipinski definition) is 12. The second kappa shape index (κ2) is 17.0. The van der Waals surface area contributed by atoms with E-state index in [4.69, 9.17) is 9.47 Å². The van der Waals surface area contributed by atoms with Gasteiger partial charge < -0.3 is 24.7 Å². The van der Waals surface area contributed by atoms with Crippen LogP contribution in [0.3, 0.4) is 0 Å². The molecule has 0 bridgehead atoms. The number of H-pyrrole nitrogens is 1. The summed E-state index contributed by atoms with van der Waals surface area (Å²) in [5.74, 6) is 0.0977. The first-order valence-electron chi connectivity index (χ1n) is 22.9. The van der Waals surface area contributed by atoms with Crippen molar-refractivity contribution in [3.05, 3.63) is 99.9 Å². The number of carbonyl (C=O) groups is 1. The Bertz CT molecular complexity index is 2680. The summed E-state index contributed by atoms with van der Waals surface area (Å²) in [5, 5.41) is 15.6. The molecule has 16 heteroatoms. The maximum Gasteiger partial charge on any atom is 0.300 e. The highest BCUT2D eigenvalue weighted by Gasteiger charge is 2.50. The molecule has 5 aromatic rings. The molecule has 3 N–H and O–H groups in total. The molecule has 336 valence electrons. The zero-order valence-electron chi connectivity index (χ0n) is 36.4. The molecule has 15 nitrogen and oxygen atoms in total. The van der Waals surface area contributed by atoms with Crippen LogP contribution in [0.4, 0.5) is 17.1 Å². The zero-order valence-corrected chi connectivity index (χ0v) is 37.2. The third kappa shape index (κ3) is 8.14. The number of aromatic nitrogens is 3. The van der Waals surface area contributed by atoms with Gasteiger partial charge in [-0.3, -0.25) is 19.8 Å². The van der Waals surface area contributed by atoms with Gasteiger partial charge in [-0.15, -0.1) is 0 Å². The second-order valence-electron chi connectivity index (χ2n) is 18.9. The molecule has 3 aliphatic heterocycles. The molecule has 2 saturated heterocycles. The molecule has 5 aliphatic rings. The molecule has 6 heterocycles. The second-order valence-corrected chi connectivity index (χ2v) is 20.5. The number of aromatic amines is 1. The number of pyridine rings is 2. The minimum Gasteiger partial charge on any atom is -0.474 e. The lowest BCUT2D eigenvalue weighted by Gasteiger charge is -2.56. The van der Waals surface area contributed by atoms with E-state index >= 15 is 0 Å². The Kier molecular flexibility index (Phi) is 11.2. The average Bonchev–Trinajstić information content (AvgIpc) is 3.98. The molecule has 3 aromatic heterocycles. The lowest BCUT2D eigenvalue weighted by molar-refractivity contribution is -0.384. The number of piperidine rings is 1. The van der Waals surface area contributed by atoms with Crippen LogP contribution >= 0.6 is 0 Å². The van der Waals surface area contributed by atoms with Crippen LogP contribution in [-0.2, 0) is 10.0 Å². The van der Waals surface area contributed by atoms with E-state index in [1.54, 1.807) is 24.4 Å². The molecule has 2 aliphatic carbocycles. The van der Waals surface area contributed by atoms with Crippen molar-refractivity contribution in [3.8, 4) is 17.4 Å². The van der Waals surface area contributed by atoms with Crippen LogP contribution in [0.1, 0.15) is 118 Å². The third-order valence-corrected chi connectivity index (χ3v) is 15.9. The van der Waals surface area contributed by atoms with Crippen LogP contribution in [0, 0.1) is 21.4 Å². The van der Waals surface area contributed by atoms with Gasteiger partial charge in [-0.2, -0.15) is 13.4 Å². The summed E-state index contributed by atoms with van der Waals surface area (Å²) in [5.41, 5.74) is 4.28. The average molecular weight is 889 g/mol. The predicted octanol–water partition coefficient (Wildman–Crippen LogP) is 9.24. The molecule has 2 saturated carbocycles. The maximum absolute atomic E-state index is 14.1. The molecule has 4 fully saturated rings. The van der Waals surface area contributed by atoms with Crippen LogP contribution in [0.25, 0.3) is 11.0 Å². The Morgan fingerprint density at radius 3 is 2.58 bits per heavy atom. The fraction of sp³-hybridized carbons (Fsp3) is 0.479. The lowest BCUT2D eigenvalue weighted by Crippen LogP contribution is -2.54. The number of nitrogens with zero attached hydrogens (tertiary/aromatic N) is 5. The molecule has 2 atom stereocenters. The fourth-order valence-electron chi connectivity index (χ4n) is 11.2. The molecule has 64 heavy (non-hydrogen) atoms. The highest BCUT2D eigenvalue weighted by atomic mass is 32.2. The van der Waals surface area contributed by atoms with Gasteiger partial charge in [-0.05, 0) is 111 Å². The number of benzene rings is 2. The number of likely N-dealkylation sites (tertiary alicyclic amines) is 1. The molecule has 0 unspecified atom stereocenters. The Morgan fingerprint density at radius 2 is 1.80 bits per heavy atom. The van der Waals surface area contributed by atoms with Crippen LogP contribution in [0.5, 0.6) is 17.4 Å². The van der Waals surface area contributed by atoms with Crippen LogP contribution in [0.15, 0.2) is 78.1 Å². The molecule has 0 radical (unpaired) electrons. The summed E-state index contributed by atoms with van der Waals surface area (Å²) in [7, 11) is -4.73. The SMILES string of the molecule is CC(C)c1ccccc1[C@@H]1CCCN1C1CC2(CCN(c3ccc(C(=O)NS(=O)(=O)c4cc([N+](=O)[O-])c5c(n4)OC[C@H](C4CCCCC4)N5)c(Oc4cnc5[nH]ccc5c4)c3)CC2)C1. The summed E-state index contributed by atoms with van der Waals surface area (Å²) in [6.07, 6.45) is 15.5. The first kappa shape index (κ1) is 42.2. The van der Waals surface area contributed by atoms with Gasteiger partial charge in [-0.25, -0.2) is 9.71 Å². The number of nitrogens with one attached hydrogen (secondary N) is 3. The summed E-state index contributed by atoms with van der Waals surface area (Å²) in [6.45, 7) is 7.59. The van der Waals surface area contributed by atoms with Gasteiger partial charge in [0.1, 0.15) is 23.8 Å². The van der Waals surface area contributed by atoms with E-state index in [0.29, 0.717) is 34.8 Å². The van der Waals surface area contributed by atoms with Gasteiger partial charge in [0, 0.05) is 48.5 Å². The summed E-state index contributed by atoms with van der Waals surface area (Å²) in [6, 6.07) is 19.6. The van der Waals surface area contributed by atoms with Crippen molar-refractivity contribution in [1.29, 1.82) is 0 Å². The molecular weight excluding hydrogens is 833 g/mol. The van der Waals surface area contributed by atoms with Crippen LogP contribution in [-0.4, -0.2) is 77.4 Å². The first-order chi connectivity index (χ1) is 30.9.